The molecule has 0 spiro atoms. The van der Waals surface area contributed by atoms with Crippen molar-refractivity contribution in [2.75, 3.05) is 26.3 Å². The van der Waals surface area contributed by atoms with Gasteiger partial charge in [0.15, 0.2) is 5.69 Å². The molecule has 1 aliphatic rings. The molecule has 0 saturated carbocycles. The quantitative estimate of drug-likeness (QED) is 0.665. The van der Waals surface area contributed by atoms with Crippen LogP contribution in [-0.4, -0.2) is 46.9 Å². The molecule has 0 radical (unpaired) electrons. The number of nitrogens with zero attached hydrogens (tertiary/aromatic N) is 3. The molecule has 1 amide bonds. The van der Waals surface area contributed by atoms with Gasteiger partial charge >= 0.3 is 0 Å². The summed E-state index contributed by atoms with van der Waals surface area (Å²) in [7, 11) is 0. The Morgan fingerprint density at radius 1 is 1.03 bits per heavy atom. The predicted octanol–water partition coefficient (Wildman–Crippen LogP) is 2.30. The molecule has 7 heteroatoms. The number of nitrogens with one attached hydrogen (secondary N) is 1. The SMILES string of the molecule is Cc1cc(=O)c(C(=O)NCc2ccccc2CN2CCOCC2)nn1-c1ccccc1. The molecule has 1 fully saturated rings. The van der Waals surface area contributed by atoms with Crippen LogP contribution >= 0.6 is 0 Å². The summed E-state index contributed by atoms with van der Waals surface area (Å²) in [4.78, 5) is 27.6. The minimum atomic E-state index is -0.476. The number of morpholine rings is 1. The second-order valence-electron chi connectivity index (χ2n) is 7.59. The Balaban J connectivity index is 1.50. The van der Waals surface area contributed by atoms with Gasteiger partial charge in [-0.3, -0.25) is 14.5 Å². The number of benzene rings is 2. The summed E-state index contributed by atoms with van der Waals surface area (Å²) in [6.45, 7) is 6.21. The van der Waals surface area contributed by atoms with Crippen molar-refractivity contribution < 1.29 is 9.53 Å². The number of rotatable bonds is 6. The topological polar surface area (TPSA) is 76.5 Å². The number of aromatic nitrogens is 2. The maximum Gasteiger partial charge on any atom is 0.276 e. The first kappa shape index (κ1) is 21.0. The summed E-state index contributed by atoms with van der Waals surface area (Å²) in [5.41, 5.74) is 3.15. The fourth-order valence-corrected chi connectivity index (χ4v) is 3.68. The number of aryl methyl sites for hydroxylation is 1. The van der Waals surface area contributed by atoms with Gasteiger partial charge in [-0.1, -0.05) is 42.5 Å². The third-order valence-electron chi connectivity index (χ3n) is 5.38. The van der Waals surface area contributed by atoms with Gasteiger partial charge in [0.2, 0.25) is 5.43 Å². The average molecular weight is 418 g/mol. The Kier molecular flexibility index (Phi) is 6.54. The van der Waals surface area contributed by atoms with Crippen molar-refractivity contribution in [3.63, 3.8) is 0 Å². The normalized spacial score (nSPS) is 14.4. The Bertz CT molecular complexity index is 1110. The molecule has 0 aliphatic carbocycles. The first-order chi connectivity index (χ1) is 15.1. The maximum atomic E-state index is 12.8. The largest absolute Gasteiger partial charge is 0.379 e. The van der Waals surface area contributed by atoms with E-state index in [1.165, 1.54) is 6.07 Å². The molecule has 2 aromatic carbocycles. The minimum Gasteiger partial charge on any atom is -0.379 e. The highest BCUT2D eigenvalue weighted by Gasteiger charge is 2.17. The third kappa shape index (κ3) is 5.07. The highest BCUT2D eigenvalue weighted by molar-refractivity contribution is 5.92. The highest BCUT2D eigenvalue weighted by atomic mass is 16.5. The maximum absolute atomic E-state index is 12.8. The average Bonchev–Trinajstić information content (AvgIpc) is 2.80. The summed E-state index contributed by atoms with van der Waals surface area (Å²) >= 11 is 0. The second-order valence-corrected chi connectivity index (χ2v) is 7.59. The molecule has 4 rings (SSSR count). The van der Waals surface area contributed by atoms with Crippen LogP contribution in [0, 0.1) is 6.92 Å². The first-order valence-corrected chi connectivity index (χ1v) is 10.4. The van der Waals surface area contributed by atoms with E-state index in [0.29, 0.717) is 12.2 Å². The second kappa shape index (κ2) is 9.68. The van der Waals surface area contributed by atoms with Crippen molar-refractivity contribution >= 4 is 5.91 Å². The molecular weight excluding hydrogens is 392 g/mol. The molecule has 2 heterocycles. The van der Waals surface area contributed by atoms with Crippen LogP contribution in [0.25, 0.3) is 5.69 Å². The molecule has 1 saturated heterocycles. The Hall–Kier alpha value is -3.29. The van der Waals surface area contributed by atoms with Gasteiger partial charge in [-0.2, -0.15) is 5.10 Å². The van der Waals surface area contributed by atoms with Crippen LogP contribution in [0.5, 0.6) is 0 Å². The van der Waals surface area contributed by atoms with Crippen LogP contribution in [0.15, 0.2) is 65.5 Å². The standard InChI is InChI=1S/C24H26N4O3/c1-18-15-22(29)23(26-28(18)21-9-3-2-4-10-21)24(30)25-16-19-7-5-6-8-20(19)17-27-11-13-31-14-12-27/h2-10,15H,11-14,16-17H2,1H3,(H,25,30). The number of para-hydroxylation sites is 1. The van der Waals surface area contributed by atoms with Gasteiger partial charge in [0, 0.05) is 37.9 Å². The molecule has 0 bridgehead atoms. The lowest BCUT2D eigenvalue weighted by atomic mass is 10.1. The zero-order chi connectivity index (χ0) is 21.6. The first-order valence-electron chi connectivity index (χ1n) is 10.4. The molecule has 1 aliphatic heterocycles. The molecule has 0 atom stereocenters. The summed E-state index contributed by atoms with van der Waals surface area (Å²) in [5, 5.41) is 7.21. The lowest BCUT2D eigenvalue weighted by Gasteiger charge is -2.27. The number of carbonyl (C=O) groups is 1. The number of amides is 1. The zero-order valence-electron chi connectivity index (χ0n) is 17.6. The van der Waals surface area contributed by atoms with E-state index >= 15 is 0 Å². The van der Waals surface area contributed by atoms with E-state index in [1.54, 1.807) is 11.6 Å². The van der Waals surface area contributed by atoms with Crippen molar-refractivity contribution in [2.24, 2.45) is 0 Å². The molecular formula is C24H26N4O3. The van der Waals surface area contributed by atoms with Crippen molar-refractivity contribution in [3.8, 4) is 5.69 Å². The Labute approximate surface area is 181 Å². The Morgan fingerprint density at radius 3 is 2.45 bits per heavy atom. The number of carbonyl (C=O) groups excluding carboxylic acids is 1. The van der Waals surface area contributed by atoms with Gasteiger partial charge in [-0.25, -0.2) is 4.68 Å². The van der Waals surface area contributed by atoms with Crippen LogP contribution in [0.3, 0.4) is 0 Å². The van der Waals surface area contributed by atoms with Crippen molar-refractivity contribution in [3.05, 3.63) is 93.4 Å². The molecule has 1 aromatic heterocycles. The van der Waals surface area contributed by atoms with E-state index in [1.807, 2.05) is 48.5 Å². The molecule has 3 aromatic rings. The van der Waals surface area contributed by atoms with Crippen molar-refractivity contribution in [1.29, 1.82) is 0 Å². The van der Waals surface area contributed by atoms with Gasteiger partial charge in [-0.15, -0.1) is 0 Å². The molecule has 31 heavy (non-hydrogen) atoms. The lowest BCUT2D eigenvalue weighted by molar-refractivity contribution is 0.0340. The van der Waals surface area contributed by atoms with E-state index in [2.05, 4.69) is 21.4 Å². The van der Waals surface area contributed by atoms with Gasteiger partial charge in [0.05, 0.1) is 18.9 Å². The molecule has 160 valence electrons. The fraction of sp³-hybridized carbons (Fsp3) is 0.292. The van der Waals surface area contributed by atoms with E-state index in [9.17, 15) is 9.59 Å². The van der Waals surface area contributed by atoms with Crippen molar-refractivity contribution in [2.45, 2.75) is 20.0 Å². The van der Waals surface area contributed by atoms with Gasteiger partial charge in [-0.05, 0) is 30.2 Å². The Morgan fingerprint density at radius 2 is 1.71 bits per heavy atom. The molecule has 0 unspecified atom stereocenters. The predicted molar refractivity (Wildman–Crippen MR) is 118 cm³/mol. The lowest BCUT2D eigenvalue weighted by Crippen LogP contribution is -2.36. The van der Waals surface area contributed by atoms with Gasteiger partial charge < -0.3 is 10.1 Å². The van der Waals surface area contributed by atoms with E-state index in [-0.39, 0.29) is 11.1 Å². The van der Waals surface area contributed by atoms with E-state index in [4.69, 9.17) is 4.74 Å². The fourth-order valence-electron chi connectivity index (χ4n) is 3.68. The molecule has 7 nitrogen and oxygen atoms in total. The summed E-state index contributed by atoms with van der Waals surface area (Å²) in [6.07, 6.45) is 0. The van der Waals surface area contributed by atoms with E-state index < -0.39 is 5.91 Å². The molecule has 1 N–H and O–H groups in total. The highest BCUT2D eigenvalue weighted by Crippen LogP contribution is 2.13. The summed E-state index contributed by atoms with van der Waals surface area (Å²) < 4.78 is 7.03. The van der Waals surface area contributed by atoms with Crippen molar-refractivity contribution in [1.82, 2.24) is 20.0 Å². The third-order valence-corrected chi connectivity index (χ3v) is 5.38. The monoisotopic (exact) mass is 418 g/mol. The number of ether oxygens (including phenoxy) is 1. The summed E-state index contributed by atoms with van der Waals surface area (Å²) in [5.74, 6) is -0.476. The van der Waals surface area contributed by atoms with Crippen LogP contribution in [0.1, 0.15) is 27.3 Å². The van der Waals surface area contributed by atoms with Crippen LogP contribution in [0.4, 0.5) is 0 Å². The number of hydrogen-bond donors (Lipinski definition) is 1. The smallest absolute Gasteiger partial charge is 0.276 e. The minimum absolute atomic E-state index is 0.111. The van der Waals surface area contributed by atoms with Crippen LogP contribution < -0.4 is 10.7 Å². The summed E-state index contributed by atoms with van der Waals surface area (Å²) in [6, 6.07) is 18.9. The van der Waals surface area contributed by atoms with E-state index in [0.717, 1.165) is 49.7 Å². The number of hydrogen-bond acceptors (Lipinski definition) is 5. The zero-order valence-corrected chi connectivity index (χ0v) is 17.6. The van der Waals surface area contributed by atoms with Crippen LogP contribution in [-0.2, 0) is 17.8 Å². The van der Waals surface area contributed by atoms with Gasteiger partial charge in [0.25, 0.3) is 5.91 Å². The van der Waals surface area contributed by atoms with Gasteiger partial charge in [0.1, 0.15) is 0 Å². The van der Waals surface area contributed by atoms with Crippen LogP contribution in [0.2, 0.25) is 0 Å².